The van der Waals surface area contributed by atoms with E-state index in [-0.39, 0.29) is 11.3 Å². The van der Waals surface area contributed by atoms with Crippen molar-refractivity contribution in [2.24, 2.45) is 11.1 Å². The van der Waals surface area contributed by atoms with Crippen molar-refractivity contribution in [2.45, 2.75) is 20.8 Å². The fourth-order valence-corrected chi connectivity index (χ4v) is 1.44. The van der Waals surface area contributed by atoms with Crippen molar-refractivity contribution in [1.82, 2.24) is 15.3 Å². The second-order valence-corrected chi connectivity index (χ2v) is 6.04. The first kappa shape index (κ1) is 18.3. The summed E-state index contributed by atoms with van der Waals surface area (Å²) < 4.78 is 0. The van der Waals surface area contributed by atoms with Crippen LogP contribution in [0.25, 0.3) is 0 Å². The molecule has 0 spiro atoms. The average Bonchev–Trinajstić information content (AvgIpc) is 2.54. The molecular weight excluding hydrogens is 292 g/mol. The molecule has 0 radical (unpaired) electrons. The Balaban J connectivity index is 0.000000253. The lowest BCUT2D eigenvalue weighted by molar-refractivity contribution is 0.0933. The van der Waals surface area contributed by atoms with E-state index >= 15 is 0 Å². The minimum Gasteiger partial charge on any atom is -0.364 e. The van der Waals surface area contributed by atoms with Gasteiger partial charge in [-0.1, -0.05) is 32.9 Å². The topological polar surface area (TPSA) is 98.0 Å². The molecule has 3 N–H and O–H groups in total. The summed E-state index contributed by atoms with van der Waals surface area (Å²) in [6.07, 6.45) is 3.14. The second-order valence-electron chi connectivity index (χ2n) is 6.04. The lowest BCUT2D eigenvalue weighted by atomic mass is 9.97. The zero-order valence-electron chi connectivity index (χ0n) is 13.6. The highest BCUT2D eigenvalue weighted by atomic mass is 16.2. The molecule has 0 aliphatic rings. The Morgan fingerprint density at radius 3 is 1.87 bits per heavy atom. The molecule has 23 heavy (non-hydrogen) atoms. The molecular formula is C17H22N4O2. The van der Waals surface area contributed by atoms with Crippen molar-refractivity contribution in [3.63, 3.8) is 0 Å². The van der Waals surface area contributed by atoms with Crippen LogP contribution in [-0.2, 0) is 0 Å². The van der Waals surface area contributed by atoms with Crippen LogP contribution in [-0.4, -0.2) is 28.3 Å². The third-order valence-corrected chi connectivity index (χ3v) is 2.59. The van der Waals surface area contributed by atoms with E-state index in [2.05, 4.69) is 36.1 Å². The summed E-state index contributed by atoms with van der Waals surface area (Å²) in [7, 11) is 0. The number of carbonyl (C=O) groups excluding carboxylic acids is 2. The Hall–Kier alpha value is -2.76. The van der Waals surface area contributed by atoms with E-state index in [1.807, 2.05) is 0 Å². The van der Waals surface area contributed by atoms with E-state index in [0.29, 0.717) is 17.9 Å². The van der Waals surface area contributed by atoms with Gasteiger partial charge in [0.05, 0.1) is 0 Å². The molecule has 6 heteroatoms. The normalized spacial score (nSPS) is 10.2. The van der Waals surface area contributed by atoms with Crippen LogP contribution < -0.4 is 11.1 Å². The third-order valence-electron chi connectivity index (χ3n) is 2.59. The van der Waals surface area contributed by atoms with Gasteiger partial charge >= 0.3 is 0 Å². The molecule has 122 valence electrons. The molecule has 2 amide bonds. The van der Waals surface area contributed by atoms with Crippen LogP contribution in [0.5, 0.6) is 0 Å². The molecule has 0 bridgehead atoms. The van der Waals surface area contributed by atoms with Crippen LogP contribution in [0.3, 0.4) is 0 Å². The fourth-order valence-electron chi connectivity index (χ4n) is 1.44. The van der Waals surface area contributed by atoms with Crippen LogP contribution in [0.1, 0.15) is 41.7 Å². The van der Waals surface area contributed by atoms with Gasteiger partial charge in [-0.3, -0.25) is 19.6 Å². The SMILES string of the molecule is CC(C)(C)CNC(=O)c1ccccn1.NC(=O)c1ccccn1. The lowest BCUT2D eigenvalue weighted by Gasteiger charge is -2.18. The predicted octanol–water partition coefficient (Wildman–Crippen LogP) is 2.04. The molecule has 0 aromatic carbocycles. The molecule has 0 aliphatic heterocycles. The first-order chi connectivity index (χ1) is 10.8. The maximum Gasteiger partial charge on any atom is 0.269 e. The van der Waals surface area contributed by atoms with Gasteiger partial charge in [-0.25, -0.2) is 0 Å². The van der Waals surface area contributed by atoms with Gasteiger partial charge in [0.15, 0.2) is 0 Å². The van der Waals surface area contributed by atoms with Crippen LogP contribution in [0.4, 0.5) is 0 Å². The van der Waals surface area contributed by atoms with Crippen LogP contribution in [0.15, 0.2) is 48.8 Å². The first-order valence-corrected chi connectivity index (χ1v) is 7.19. The van der Waals surface area contributed by atoms with E-state index in [0.717, 1.165) is 0 Å². The third kappa shape index (κ3) is 7.71. The molecule has 0 unspecified atom stereocenters. The Morgan fingerprint density at radius 2 is 1.52 bits per heavy atom. The smallest absolute Gasteiger partial charge is 0.269 e. The number of aromatic nitrogens is 2. The number of amides is 2. The Kier molecular flexibility index (Phi) is 6.86. The summed E-state index contributed by atoms with van der Waals surface area (Å²) in [6, 6.07) is 10.3. The van der Waals surface area contributed by atoms with Gasteiger partial charge in [-0.2, -0.15) is 0 Å². The van der Waals surface area contributed by atoms with Crippen LogP contribution in [0, 0.1) is 5.41 Å². The first-order valence-electron chi connectivity index (χ1n) is 7.19. The molecule has 2 rings (SSSR count). The van der Waals surface area contributed by atoms with Gasteiger partial charge in [0.25, 0.3) is 11.8 Å². The van der Waals surface area contributed by atoms with Crippen molar-refractivity contribution in [2.75, 3.05) is 6.54 Å². The number of hydrogen-bond donors (Lipinski definition) is 2. The highest BCUT2D eigenvalue weighted by Crippen LogP contribution is 2.10. The molecule has 6 nitrogen and oxygen atoms in total. The van der Waals surface area contributed by atoms with Gasteiger partial charge in [0.1, 0.15) is 11.4 Å². The maximum absolute atomic E-state index is 11.5. The Labute approximate surface area is 136 Å². The molecule has 2 aromatic heterocycles. The number of rotatable bonds is 3. The zero-order valence-corrected chi connectivity index (χ0v) is 13.6. The number of carbonyl (C=O) groups is 2. The zero-order chi connectivity index (χ0) is 17.3. The molecule has 2 aromatic rings. The lowest BCUT2D eigenvalue weighted by Crippen LogP contribution is -2.32. The Morgan fingerprint density at radius 1 is 1.00 bits per heavy atom. The van der Waals surface area contributed by atoms with Crippen molar-refractivity contribution in [3.05, 3.63) is 60.2 Å². The monoisotopic (exact) mass is 314 g/mol. The summed E-state index contributed by atoms with van der Waals surface area (Å²) in [5.74, 6) is -0.601. The van der Waals surface area contributed by atoms with Gasteiger partial charge in [-0.05, 0) is 29.7 Å². The van der Waals surface area contributed by atoms with Crippen molar-refractivity contribution >= 4 is 11.8 Å². The van der Waals surface area contributed by atoms with Crippen molar-refractivity contribution in [1.29, 1.82) is 0 Å². The predicted molar refractivity (Wildman–Crippen MR) is 88.8 cm³/mol. The van der Waals surface area contributed by atoms with Gasteiger partial charge in [-0.15, -0.1) is 0 Å². The van der Waals surface area contributed by atoms with E-state index in [1.54, 1.807) is 42.6 Å². The quantitative estimate of drug-likeness (QED) is 0.905. The van der Waals surface area contributed by atoms with Crippen LogP contribution >= 0.6 is 0 Å². The summed E-state index contributed by atoms with van der Waals surface area (Å²) in [4.78, 5) is 29.5. The summed E-state index contributed by atoms with van der Waals surface area (Å²) in [6.45, 7) is 6.88. The van der Waals surface area contributed by atoms with Crippen LogP contribution in [0.2, 0.25) is 0 Å². The Bertz CT molecular complexity index is 622. The number of pyridine rings is 2. The molecule has 0 saturated heterocycles. The van der Waals surface area contributed by atoms with Crippen molar-refractivity contribution in [3.8, 4) is 0 Å². The molecule has 0 atom stereocenters. The molecule has 0 fully saturated rings. The highest BCUT2D eigenvalue weighted by molar-refractivity contribution is 5.92. The van der Waals surface area contributed by atoms with E-state index in [4.69, 9.17) is 5.73 Å². The highest BCUT2D eigenvalue weighted by Gasteiger charge is 2.13. The number of hydrogen-bond acceptors (Lipinski definition) is 4. The van der Waals surface area contributed by atoms with E-state index in [9.17, 15) is 9.59 Å². The van der Waals surface area contributed by atoms with E-state index < -0.39 is 5.91 Å². The molecule has 0 aliphatic carbocycles. The van der Waals surface area contributed by atoms with Gasteiger partial charge in [0.2, 0.25) is 0 Å². The van der Waals surface area contributed by atoms with Crippen molar-refractivity contribution < 1.29 is 9.59 Å². The largest absolute Gasteiger partial charge is 0.364 e. The molecule has 0 saturated carbocycles. The number of nitrogens with one attached hydrogen (secondary N) is 1. The minimum absolute atomic E-state index is 0.102. The summed E-state index contributed by atoms with van der Waals surface area (Å²) in [5, 5.41) is 2.84. The van der Waals surface area contributed by atoms with Gasteiger partial charge < -0.3 is 11.1 Å². The molecule has 2 heterocycles. The maximum atomic E-state index is 11.5. The van der Waals surface area contributed by atoms with Gasteiger partial charge in [0, 0.05) is 18.9 Å². The summed E-state index contributed by atoms with van der Waals surface area (Å²) in [5.41, 5.74) is 5.79. The number of primary amides is 1. The fraction of sp³-hybridized carbons (Fsp3) is 0.294. The standard InChI is InChI=1S/C11H16N2O.C6H6N2O/c1-11(2,3)8-13-10(14)9-6-4-5-7-12-9;7-6(9)5-3-1-2-4-8-5/h4-7H,8H2,1-3H3,(H,13,14);1-4H,(H2,7,9). The second kappa shape index (κ2) is 8.63. The number of nitrogens with zero attached hydrogens (tertiary/aromatic N) is 2. The summed E-state index contributed by atoms with van der Waals surface area (Å²) >= 11 is 0. The average molecular weight is 314 g/mol. The van der Waals surface area contributed by atoms with E-state index in [1.165, 1.54) is 6.20 Å². The minimum atomic E-state index is -0.490. The number of nitrogens with two attached hydrogens (primary N) is 1.